The lowest BCUT2D eigenvalue weighted by molar-refractivity contribution is 1.20. The summed E-state index contributed by atoms with van der Waals surface area (Å²) in [6, 6.07) is 10.7. The highest BCUT2D eigenvalue weighted by Crippen LogP contribution is 2.32. The van der Waals surface area contributed by atoms with Crippen LogP contribution in [0.3, 0.4) is 0 Å². The van der Waals surface area contributed by atoms with Crippen LogP contribution in [-0.2, 0) is 0 Å². The number of pyridine rings is 1. The fourth-order valence-electron chi connectivity index (χ4n) is 3.21. The summed E-state index contributed by atoms with van der Waals surface area (Å²) in [4.78, 5) is 12.4. The molecule has 0 aliphatic carbocycles. The average Bonchev–Trinajstić information content (AvgIpc) is 2.70. The molecule has 0 saturated carbocycles. The molecule has 2 nitrogen and oxygen atoms in total. The van der Waals surface area contributed by atoms with Gasteiger partial charge in [0, 0.05) is 27.9 Å². The van der Waals surface area contributed by atoms with Gasteiger partial charge in [-0.05, 0) is 50.6 Å². The summed E-state index contributed by atoms with van der Waals surface area (Å²) in [5.74, 6) is 0. The van der Waals surface area contributed by atoms with Crippen LogP contribution < -0.4 is 5.43 Å². The number of benzene rings is 2. The largest absolute Gasteiger partial charge is 0.315 e. The van der Waals surface area contributed by atoms with Gasteiger partial charge in [0.15, 0.2) is 5.43 Å². The minimum Gasteiger partial charge on any atom is -0.315 e. The summed E-state index contributed by atoms with van der Waals surface area (Å²) >= 11 is 0. The third-order valence-corrected chi connectivity index (χ3v) is 4.12. The summed E-state index contributed by atoms with van der Waals surface area (Å²) in [7, 11) is 0. The van der Waals surface area contributed by atoms with Crippen LogP contribution in [0.1, 0.15) is 16.7 Å². The highest BCUT2D eigenvalue weighted by atomic mass is 16.1. The molecule has 2 aromatic heterocycles. The summed E-state index contributed by atoms with van der Waals surface area (Å²) in [6.45, 7) is 6.04. The second-order valence-electron chi connectivity index (χ2n) is 5.74. The molecule has 0 fully saturated rings. The Morgan fingerprint density at radius 1 is 0.850 bits per heavy atom. The van der Waals surface area contributed by atoms with Gasteiger partial charge in [0.1, 0.15) is 0 Å². The van der Waals surface area contributed by atoms with Gasteiger partial charge in [-0.3, -0.25) is 4.79 Å². The van der Waals surface area contributed by atoms with Crippen molar-refractivity contribution in [1.82, 2.24) is 4.40 Å². The Hall–Kier alpha value is -2.35. The summed E-state index contributed by atoms with van der Waals surface area (Å²) in [6.07, 6.45) is 1.96. The topological polar surface area (TPSA) is 21.5 Å². The first-order chi connectivity index (χ1) is 9.56. The molecule has 0 bridgehead atoms. The van der Waals surface area contributed by atoms with E-state index < -0.39 is 0 Å². The smallest absolute Gasteiger partial charge is 0.192 e. The van der Waals surface area contributed by atoms with E-state index in [0.717, 1.165) is 22.0 Å². The monoisotopic (exact) mass is 261 g/mol. The van der Waals surface area contributed by atoms with Crippen LogP contribution in [0.15, 0.2) is 41.3 Å². The first-order valence-corrected chi connectivity index (χ1v) is 6.84. The first kappa shape index (κ1) is 11.5. The normalized spacial score (nSPS) is 11.9. The number of rotatable bonds is 0. The first-order valence-electron chi connectivity index (χ1n) is 6.84. The van der Waals surface area contributed by atoms with E-state index in [-0.39, 0.29) is 5.43 Å². The van der Waals surface area contributed by atoms with E-state index in [1.807, 2.05) is 19.2 Å². The molecular weight excluding hydrogens is 246 g/mol. The summed E-state index contributed by atoms with van der Waals surface area (Å²) in [5.41, 5.74) is 5.53. The van der Waals surface area contributed by atoms with Gasteiger partial charge in [0.05, 0.1) is 11.0 Å². The zero-order valence-corrected chi connectivity index (χ0v) is 11.8. The van der Waals surface area contributed by atoms with E-state index in [2.05, 4.69) is 42.5 Å². The van der Waals surface area contributed by atoms with Crippen molar-refractivity contribution < 1.29 is 0 Å². The van der Waals surface area contributed by atoms with E-state index in [1.54, 1.807) is 0 Å². The molecule has 20 heavy (non-hydrogen) atoms. The summed E-state index contributed by atoms with van der Waals surface area (Å²) in [5, 5.41) is 3.23. The second-order valence-corrected chi connectivity index (χ2v) is 5.74. The molecule has 0 unspecified atom stereocenters. The molecule has 0 amide bonds. The lowest BCUT2D eigenvalue weighted by Gasteiger charge is -2.04. The van der Waals surface area contributed by atoms with Gasteiger partial charge in [-0.25, -0.2) is 0 Å². The molecule has 0 aliphatic heterocycles. The number of fused-ring (bicyclic) bond motifs is 3. The van der Waals surface area contributed by atoms with Crippen molar-refractivity contribution in [3.63, 3.8) is 0 Å². The van der Waals surface area contributed by atoms with Crippen molar-refractivity contribution in [1.29, 1.82) is 0 Å². The number of hydrogen-bond donors (Lipinski definition) is 0. The van der Waals surface area contributed by atoms with E-state index in [0.29, 0.717) is 0 Å². The van der Waals surface area contributed by atoms with Crippen LogP contribution in [0.2, 0.25) is 0 Å². The molecule has 0 saturated heterocycles. The molecule has 0 radical (unpaired) electrons. The molecule has 2 heteroatoms. The van der Waals surface area contributed by atoms with Gasteiger partial charge < -0.3 is 4.40 Å². The molecule has 98 valence electrons. The van der Waals surface area contributed by atoms with Crippen LogP contribution >= 0.6 is 0 Å². The van der Waals surface area contributed by atoms with Crippen molar-refractivity contribution in [3.05, 3.63) is 63.4 Å². The van der Waals surface area contributed by atoms with Gasteiger partial charge in [-0.1, -0.05) is 11.6 Å². The third kappa shape index (κ3) is 1.31. The van der Waals surface area contributed by atoms with Crippen LogP contribution in [-0.4, -0.2) is 4.40 Å². The molecule has 0 atom stereocenters. The Kier molecular flexibility index (Phi) is 2.07. The second kappa shape index (κ2) is 3.60. The SMILES string of the molecule is Cc1ccc2c(c1)c1cc(C)cc3c(=O)c(C)cn2c31. The fourth-order valence-corrected chi connectivity index (χ4v) is 3.21. The van der Waals surface area contributed by atoms with Gasteiger partial charge in [0.25, 0.3) is 0 Å². The van der Waals surface area contributed by atoms with Crippen molar-refractivity contribution in [2.75, 3.05) is 0 Å². The molecule has 0 aliphatic rings. The molecular formula is C18H15NO. The van der Waals surface area contributed by atoms with E-state index in [1.165, 1.54) is 21.9 Å². The maximum Gasteiger partial charge on any atom is 0.192 e. The van der Waals surface area contributed by atoms with E-state index >= 15 is 0 Å². The van der Waals surface area contributed by atoms with Crippen molar-refractivity contribution in [3.8, 4) is 0 Å². The number of aryl methyl sites for hydroxylation is 3. The van der Waals surface area contributed by atoms with Gasteiger partial charge in [-0.15, -0.1) is 0 Å². The summed E-state index contributed by atoms with van der Waals surface area (Å²) < 4.78 is 2.16. The minimum absolute atomic E-state index is 0.144. The molecule has 0 N–H and O–H groups in total. The Morgan fingerprint density at radius 2 is 1.55 bits per heavy atom. The Morgan fingerprint density at radius 3 is 2.35 bits per heavy atom. The maximum atomic E-state index is 12.4. The van der Waals surface area contributed by atoms with Crippen molar-refractivity contribution in [2.45, 2.75) is 20.8 Å². The lowest BCUT2D eigenvalue weighted by Crippen LogP contribution is -2.08. The fraction of sp³-hybridized carbons (Fsp3) is 0.167. The van der Waals surface area contributed by atoms with Crippen molar-refractivity contribution >= 4 is 27.2 Å². The minimum atomic E-state index is 0.144. The van der Waals surface area contributed by atoms with Crippen molar-refractivity contribution in [2.24, 2.45) is 0 Å². The number of aromatic nitrogens is 1. The number of nitrogens with zero attached hydrogens (tertiary/aromatic N) is 1. The molecule has 4 rings (SSSR count). The van der Waals surface area contributed by atoms with E-state index in [9.17, 15) is 4.79 Å². The van der Waals surface area contributed by atoms with Crippen LogP contribution in [0.5, 0.6) is 0 Å². The Balaban J connectivity index is 2.47. The molecule has 4 aromatic rings. The number of hydrogen-bond acceptors (Lipinski definition) is 1. The predicted octanol–water partition coefficient (Wildman–Crippen LogP) is 3.97. The lowest BCUT2D eigenvalue weighted by atomic mass is 10.0. The van der Waals surface area contributed by atoms with Crippen LogP contribution in [0.4, 0.5) is 0 Å². The zero-order chi connectivity index (χ0) is 14.0. The zero-order valence-electron chi connectivity index (χ0n) is 11.8. The molecule has 2 aromatic carbocycles. The van der Waals surface area contributed by atoms with Gasteiger partial charge in [-0.2, -0.15) is 0 Å². The van der Waals surface area contributed by atoms with E-state index in [4.69, 9.17) is 0 Å². The highest BCUT2D eigenvalue weighted by molar-refractivity contribution is 6.14. The third-order valence-electron chi connectivity index (χ3n) is 4.12. The quantitative estimate of drug-likeness (QED) is 0.469. The standard InChI is InChI=1S/C18H15NO/c1-10-4-5-16-13(6-10)14-7-11(2)8-15-17(14)19(16)9-12(3)18(15)20/h4-9H,1-3H3. The van der Waals surface area contributed by atoms with Gasteiger partial charge in [0.2, 0.25) is 0 Å². The van der Waals surface area contributed by atoms with Crippen LogP contribution in [0.25, 0.3) is 27.2 Å². The molecule has 2 heterocycles. The Bertz CT molecular complexity index is 1040. The van der Waals surface area contributed by atoms with Gasteiger partial charge >= 0.3 is 0 Å². The Labute approximate surface area is 116 Å². The van der Waals surface area contributed by atoms with Crippen LogP contribution in [0, 0.1) is 20.8 Å². The average molecular weight is 261 g/mol. The maximum absolute atomic E-state index is 12.4. The molecule has 0 spiro atoms. The predicted molar refractivity (Wildman–Crippen MR) is 84.1 cm³/mol. The highest BCUT2D eigenvalue weighted by Gasteiger charge is 2.14.